The first-order chi connectivity index (χ1) is 8.94. The molecule has 1 rings (SSSR count). The van der Waals surface area contributed by atoms with Crippen LogP contribution in [0.5, 0.6) is 0 Å². The predicted octanol–water partition coefficient (Wildman–Crippen LogP) is 1.88. The number of anilines is 1. The largest absolute Gasteiger partial charge is 0.411 e. The van der Waals surface area contributed by atoms with E-state index in [0.717, 1.165) is 0 Å². The van der Waals surface area contributed by atoms with Gasteiger partial charge < -0.3 is 5.21 Å². The van der Waals surface area contributed by atoms with Crippen LogP contribution in [0.4, 0.5) is 5.69 Å². The zero-order valence-electron chi connectivity index (χ0n) is 11.3. The van der Waals surface area contributed by atoms with Crippen molar-refractivity contribution in [3.05, 3.63) is 29.8 Å². The molecule has 1 aromatic rings. The van der Waals surface area contributed by atoms with Gasteiger partial charge in [-0.2, -0.15) is 12.7 Å². The van der Waals surface area contributed by atoms with Crippen LogP contribution in [0.15, 0.2) is 29.4 Å². The van der Waals surface area contributed by atoms with Gasteiger partial charge in [-0.25, -0.2) is 0 Å². The summed E-state index contributed by atoms with van der Waals surface area (Å²) in [7, 11) is -3.54. The molecule has 0 saturated heterocycles. The first kappa shape index (κ1) is 15.5. The van der Waals surface area contributed by atoms with Gasteiger partial charge in [-0.1, -0.05) is 31.1 Å². The van der Waals surface area contributed by atoms with Crippen LogP contribution in [0.25, 0.3) is 0 Å². The maximum atomic E-state index is 12.0. The van der Waals surface area contributed by atoms with Crippen molar-refractivity contribution >= 4 is 21.6 Å². The van der Waals surface area contributed by atoms with E-state index < -0.39 is 10.2 Å². The standard InChI is InChI=1S/C12H19N3O3S/c1-4-15(5-2)19(17,18)14-12-8-6-7-11(9-12)10(3)13-16/h6-9,14,16H,4-5H2,1-3H3/b13-10+. The molecule has 1 aromatic carbocycles. The molecule has 0 heterocycles. The zero-order valence-corrected chi connectivity index (χ0v) is 12.1. The lowest BCUT2D eigenvalue weighted by atomic mass is 10.1. The second kappa shape index (κ2) is 6.53. The first-order valence-electron chi connectivity index (χ1n) is 6.01. The Morgan fingerprint density at radius 2 is 2.00 bits per heavy atom. The van der Waals surface area contributed by atoms with E-state index in [4.69, 9.17) is 5.21 Å². The van der Waals surface area contributed by atoms with Gasteiger partial charge in [0.2, 0.25) is 0 Å². The highest BCUT2D eigenvalue weighted by Gasteiger charge is 2.18. The van der Waals surface area contributed by atoms with E-state index in [-0.39, 0.29) is 0 Å². The van der Waals surface area contributed by atoms with Crippen molar-refractivity contribution in [2.24, 2.45) is 5.16 Å². The topological polar surface area (TPSA) is 82.0 Å². The Bertz CT molecular complexity index is 551. The Morgan fingerprint density at radius 1 is 1.37 bits per heavy atom. The number of hydrogen-bond acceptors (Lipinski definition) is 4. The predicted molar refractivity (Wildman–Crippen MR) is 75.9 cm³/mol. The lowest BCUT2D eigenvalue weighted by molar-refractivity contribution is 0.319. The molecule has 0 spiro atoms. The van der Waals surface area contributed by atoms with Crippen molar-refractivity contribution in [3.63, 3.8) is 0 Å². The van der Waals surface area contributed by atoms with Gasteiger partial charge in [0.25, 0.3) is 0 Å². The van der Waals surface area contributed by atoms with Crippen LogP contribution in [0.2, 0.25) is 0 Å². The highest BCUT2D eigenvalue weighted by atomic mass is 32.2. The third kappa shape index (κ3) is 3.93. The Hall–Kier alpha value is -1.60. The van der Waals surface area contributed by atoms with Crippen molar-refractivity contribution in [2.75, 3.05) is 17.8 Å². The van der Waals surface area contributed by atoms with Gasteiger partial charge in [0, 0.05) is 18.7 Å². The minimum absolute atomic E-state index is 0.405. The van der Waals surface area contributed by atoms with Gasteiger partial charge >= 0.3 is 10.2 Å². The summed E-state index contributed by atoms with van der Waals surface area (Å²) in [6.07, 6.45) is 0. The molecule has 0 radical (unpaired) electrons. The van der Waals surface area contributed by atoms with Gasteiger partial charge in [0.05, 0.1) is 11.4 Å². The Morgan fingerprint density at radius 3 is 2.53 bits per heavy atom. The van der Waals surface area contributed by atoms with Crippen molar-refractivity contribution in [3.8, 4) is 0 Å². The molecule has 6 nitrogen and oxygen atoms in total. The van der Waals surface area contributed by atoms with E-state index in [1.165, 1.54) is 4.31 Å². The van der Waals surface area contributed by atoms with Gasteiger partial charge in [0.15, 0.2) is 0 Å². The van der Waals surface area contributed by atoms with Gasteiger partial charge in [-0.15, -0.1) is 0 Å². The SMILES string of the molecule is CCN(CC)S(=O)(=O)Nc1cccc(/C(C)=N/O)c1. The van der Waals surface area contributed by atoms with E-state index in [1.807, 2.05) is 0 Å². The smallest absolute Gasteiger partial charge is 0.301 e. The number of benzene rings is 1. The molecule has 19 heavy (non-hydrogen) atoms. The molecule has 106 valence electrons. The molecule has 0 aromatic heterocycles. The van der Waals surface area contributed by atoms with Crippen LogP contribution in [0.1, 0.15) is 26.3 Å². The molecule has 0 bridgehead atoms. The summed E-state index contributed by atoms with van der Waals surface area (Å²) >= 11 is 0. The van der Waals surface area contributed by atoms with Crippen LogP contribution < -0.4 is 4.72 Å². The van der Waals surface area contributed by atoms with Gasteiger partial charge in [-0.05, 0) is 19.1 Å². The Kier molecular flexibility index (Phi) is 5.31. The lowest BCUT2D eigenvalue weighted by Crippen LogP contribution is -2.35. The van der Waals surface area contributed by atoms with Gasteiger partial charge in [0.1, 0.15) is 0 Å². The minimum Gasteiger partial charge on any atom is -0.411 e. The molecule has 0 aliphatic rings. The summed E-state index contributed by atoms with van der Waals surface area (Å²) < 4.78 is 27.9. The molecule has 0 unspecified atom stereocenters. The molecule has 0 amide bonds. The molecular weight excluding hydrogens is 266 g/mol. The van der Waals surface area contributed by atoms with Gasteiger partial charge in [-0.3, -0.25) is 4.72 Å². The van der Waals surface area contributed by atoms with Crippen LogP contribution >= 0.6 is 0 Å². The zero-order chi connectivity index (χ0) is 14.5. The fourth-order valence-electron chi connectivity index (χ4n) is 1.64. The summed E-state index contributed by atoms with van der Waals surface area (Å²) in [5.41, 5.74) is 1.51. The maximum absolute atomic E-state index is 12.0. The fourth-order valence-corrected chi connectivity index (χ4v) is 2.88. The summed E-state index contributed by atoms with van der Waals surface area (Å²) in [4.78, 5) is 0. The van der Waals surface area contributed by atoms with E-state index in [0.29, 0.717) is 30.1 Å². The lowest BCUT2D eigenvalue weighted by Gasteiger charge is -2.19. The molecule has 0 saturated carbocycles. The maximum Gasteiger partial charge on any atom is 0.301 e. The molecule has 7 heteroatoms. The molecular formula is C12H19N3O3S. The van der Waals surface area contributed by atoms with Crippen LogP contribution in [-0.2, 0) is 10.2 Å². The van der Waals surface area contributed by atoms with E-state index >= 15 is 0 Å². The summed E-state index contributed by atoms with van der Waals surface area (Å²) in [5.74, 6) is 0. The van der Waals surface area contributed by atoms with Crippen LogP contribution in [0.3, 0.4) is 0 Å². The van der Waals surface area contributed by atoms with Crippen molar-refractivity contribution in [2.45, 2.75) is 20.8 Å². The second-order valence-electron chi connectivity index (χ2n) is 3.96. The molecule has 0 atom stereocenters. The molecule has 2 N–H and O–H groups in total. The second-order valence-corrected chi connectivity index (χ2v) is 5.63. The van der Waals surface area contributed by atoms with Crippen molar-refractivity contribution < 1.29 is 13.6 Å². The Labute approximate surface area is 113 Å². The summed E-state index contributed by atoms with van der Waals surface area (Å²) in [6.45, 7) is 6.01. The number of nitrogens with one attached hydrogen (secondary N) is 1. The minimum atomic E-state index is -3.54. The summed E-state index contributed by atoms with van der Waals surface area (Å²) in [6, 6.07) is 6.71. The van der Waals surface area contributed by atoms with Crippen LogP contribution in [0, 0.1) is 0 Å². The molecule has 0 aliphatic heterocycles. The Balaban J connectivity index is 3.00. The monoisotopic (exact) mass is 285 g/mol. The van der Waals surface area contributed by atoms with Crippen LogP contribution in [-0.4, -0.2) is 36.7 Å². The van der Waals surface area contributed by atoms with E-state index in [9.17, 15) is 8.42 Å². The quantitative estimate of drug-likeness (QED) is 0.475. The van der Waals surface area contributed by atoms with E-state index in [1.54, 1.807) is 45.0 Å². The van der Waals surface area contributed by atoms with E-state index in [2.05, 4.69) is 9.88 Å². The average Bonchev–Trinajstić information content (AvgIpc) is 2.38. The number of nitrogens with zero attached hydrogens (tertiary/aromatic N) is 2. The third-order valence-corrected chi connectivity index (χ3v) is 4.41. The van der Waals surface area contributed by atoms with Crippen molar-refractivity contribution in [1.29, 1.82) is 0 Å². The summed E-state index contributed by atoms with van der Waals surface area (Å²) in [5, 5.41) is 11.8. The normalized spacial score (nSPS) is 12.7. The fraction of sp³-hybridized carbons (Fsp3) is 0.417. The highest BCUT2D eigenvalue weighted by molar-refractivity contribution is 7.90. The number of hydrogen-bond donors (Lipinski definition) is 2. The average molecular weight is 285 g/mol. The number of rotatable bonds is 6. The number of oxime groups is 1. The molecule has 0 aliphatic carbocycles. The highest BCUT2D eigenvalue weighted by Crippen LogP contribution is 2.14. The molecule has 0 fully saturated rings. The van der Waals surface area contributed by atoms with Crippen molar-refractivity contribution in [1.82, 2.24) is 4.31 Å². The third-order valence-electron chi connectivity index (χ3n) is 2.72. The first-order valence-corrected chi connectivity index (χ1v) is 7.45.